The van der Waals surface area contributed by atoms with E-state index >= 15 is 0 Å². The summed E-state index contributed by atoms with van der Waals surface area (Å²) in [5.41, 5.74) is 4.07. The van der Waals surface area contributed by atoms with Gasteiger partial charge in [0.25, 0.3) is 0 Å². The van der Waals surface area contributed by atoms with E-state index in [1.165, 1.54) is 16.7 Å². The Labute approximate surface area is 140 Å². The molecule has 0 unspecified atom stereocenters. The number of rotatable bonds is 5. The molecule has 1 aliphatic carbocycles. The molecule has 1 N–H and O–H groups in total. The van der Waals surface area contributed by atoms with Crippen molar-refractivity contribution in [3.05, 3.63) is 59.2 Å². The smallest absolute Gasteiger partial charge is 0.119 e. The monoisotopic (exact) mass is 329 g/mol. The Morgan fingerprint density at radius 2 is 1.96 bits per heavy atom. The van der Waals surface area contributed by atoms with E-state index in [1.54, 1.807) is 13.4 Å². The number of ether oxygens (including phenoxy) is 1. The van der Waals surface area contributed by atoms with Gasteiger partial charge in [0.15, 0.2) is 0 Å². The van der Waals surface area contributed by atoms with Gasteiger partial charge in [0.05, 0.1) is 7.11 Å². The lowest BCUT2D eigenvalue weighted by atomic mass is 9.88. The van der Waals surface area contributed by atoms with Crippen LogP contribution in [0.15, 0.2) is 47.4 Å². The minimum Gasteiger partial charge on any atom is -0.497 e. The van der Waals surface area contributed by atoms with E-state index in [4.69, 9.17) is 4.74 Å². The van der Waals surface area contributed by atoms with Gasteiger partial charge < -0.3 is 10.1 Å². The fourth-order valence-electron chi connectivity index (χ4n) is 3.10. The molecule has 0 fully saturated rings. The predicted octanol–water partition coefficient (Wildman–Crippen LogP) is 3.08. The Bertz CT molecular complexity index is 697. The highest BCUT2D eigenvalue weighted by molar-refractivity contribution is 7.84. The number of fused-ring (bicyclic) bond motifs is 1. The average Bonchev–Trinajstić information content (AvgIpc) is 2.59. The second-order valence-corrected chi connectivity index (χ2v) is 7.43. The summed E-state index contributed by atoms with van der Waals surface area (Å²) in [5.74, 6) is 0.938. The molecule has 0 heterocycles. The van der Waals surface area contributed by atoms with Crippen molar-refractivity contribution < 1.29 is 8.95 Å². The molecule has 0 aromatic heterocycles. The van der Waals surface area contributed by atoms with Gasteiger partial charge in [0.2, 0.25) is 0 Å². The van der Waals surface area contributed by atoms with E-state index < -0.39 is 10.8 Å². The van der Waals surface area contributed by atoms with Gasteiger partial charge in [0.1, 0.15) is 5.75 Å². The summed E-state index contributed by atoms with van der Waals surface area (Å²) in [6.45, 7) is 0.848. The maximum absolute atomic E-state index is 11.4. The van der Waals surface area contributed by atoms with Crippen LogP contribution < -0.4 is 10.1 Å². The highest BCUT2D eigenvalue weighted by Crippen LogP contribution is 2.25. The number of benzene rings is 2. The number of methoxy groups -OCH3 is 1. The van der Waals surface area contributed by atoms with Crippen LogP contribution in [0.25, 0.3) is 0 Å². The summed E-state index contributed by atoms with van der Waals surface area (Å²) in [6.07, 6.45) is 5.03. The zero-order chi connectivity index (χ0) is 16.2. The fraction of sp³-hybridized carbons (Fsp3) is 0.368. The van der Waals surface area contributed by atoms with Gasteiger partial charge >= 0.3 is 0 Å². The molecule has 1 aliphatic rings. The summed E-state index contributed by atoms with van der Waals surface area (Å²) < 4.78 is 16.7. The molecule has 3 rings (SSSR count). The van der Waals surface area contributed by atoms with Gasteiger partial charge in [0, 0.05) is 34.5 Å². The summed E-state index contributed by atoms with van der Waals surface area (Å²) in [7, 11) is 0.810. The fourth-order valence-corrected chi connectivity index (χ4v) is 3.62. The minimum absolute atomic E-state index is 0.495. The molecule has 0 radical (unpaired) electrons. The first-order chi connectivity index (χ1) is 11.2. The first-order valence-corrected chi connectivity index (χ1v) is 9.53. The van der Waals surface area contributed by atoms with Crippen LogP contribution in [-0.4, -0.2) is 23.6 Å². The lowest BCUT2D eigenvalue weighted by Crippen LogP contribution is -2.34. The summed E-state index contributed by atoms with van der Waals surface area (Å²) in [6, 6.07) is 14.9. The van der Waals surface area contributed by atoms with Crippen LogP contribution >= 0.6 is 0 Å². The number of hydrogen-bond donors (Lipinski definition) is 1. The first kappa shape index (κ1) is 16.2. The average molecular weight is 329 g/mol. The van der Waals surface area contributed by atoms with E-state index in [0.717, 1.165) is 36.5 Å². The number of nitrogens with one attached hydrogen (secondary N) is 1. The highest BCUT2D eigenvalue weighted by atomic mass is 32.2. The van der Waals surface area contributed by atoms with Crippen molar-refractivity contribution in [3.63, 3.8) is 0 Å². The molecular weight excluding hydrogens is 306 g/mol. The van der Waals surface area contributed by atoms with E-state index in [9.17, 15) is 4.21 Å². The van der Waals surface area contributed by atoms with Crippen molar-refractivity contribution in [3.8, 4) is 5.75 Å². The molecule has 0 aliphatic heterocycles. The van der Waals surface area contributed by atoms with E-state index in [1.807, 2.05) is 18.2 Å². The van der Waals surface area contributed by atoms with Gasteiger partial charge in [-0.2, -0.15) is 0 Å². The Kier molecular flexibility index (Phi) is 5.13. The van der Waals surface area contributed by atoms with Gasteiger partial charge in [-0.15, -0.1) is 0 Å². The molecule has 122 valence electrons. The van der Waals surface area contributed by atoms with Crippen LogP contribution in [-0.2, 0) is 30.2 Å². The van der Waals surface area contributed by atoms with Gasteiger partial charge in [-0.25, -0.2) is 0 Å². The maximum atomic E-state index is 11.4. The molecule has 0 saturated carbocycles. The van der Waals surface area contributed by atoms with Crippen LogP contribution in [0.4, 0.5) is 0 Å². The van der Waals surface area contributed by atoms with Crippen molar-refractivity contribution in [2.45, 2.75) is 36.7 Å². The summed E-state index contributed by atoms with van der Waals surface area (Å²) in [4.78, 5) is 0.882. The molecule has 2 atom stereocenters. The second kappa shape index (κ2) is 7.28. The lowest BCUT2D eigenvalue weighted by Gasteiger charge is -2.26. The van der Waals surface area contributed by atoms with Gasteiger partial charge in [-0.05, 0) is 60.2 Å². The van der Waals surface area contributed by atoms with Crippen molar-refractivity contribution in [2.24, 2.45) is 0 Å². The molecule has 0 bridgehead atoms. The molecule has 0 saturated heterocycles. The maximum Gasteiger partial charge on any atom is 0.119 e. The second-order valence-electron chi connectivity index (χ2n) is 6.05. The third-order valence-electron chi connectivity index (χ3n) is 4.49. The van der Waals surface area contributed by atoms with Gasteiger partial charge in [-0.3, -0.25) is 4.21 Å². The molecule has 2 aromatic carbocycles. The predicted molar refractivity (Wildman–Crippen MR) is 94.4 cm³/mol. The van der Waals surface area contributed by atoms with Crippen molar-refractivity contribution >= 4 is 10.8 Å². The molecule has 4 heteroatoms. The quantitative estimate of drug-likeness (QED) is 0.916. The summed E-state index contributed by atoms with van der Waals surface area (Å²) >= 11 is 0. The Balaban J connectivity index is 1.60. The van der Waals surface area contributed by atoms with Crippen molar-refractivity contribution in [1.29, 1.82) is 0 Å². The third kappa shape index (κ3) is 4.01. The molecule has 23 heavy (non-hydrogen) atoms. The standard InChI is InChI=1S/C19H23NO2S/c1-22-18-8-6-15-5-7-17(11-16(15)12-18)20-13-14-3-9-19(10-4-14)23(2)21/h3-4,6,8-10,12,17,20H,5,7,11,13H2,1-2H3/t17-,23+/m1/s1. The zero-order valence-corrected chi connectivity index (χ0v) is 14.5. The van der Waals surface area contributed by atoms with Crippen molar-refractivity contribution in [1.82, 2.24) is 5.32 Å². The Hall–Kier alpha value is -1.65. The zero-order valence-electron chi connectivity index (χ0n) is 13.7. The molecule has 2 aromatic rings. The van der Waals surface area contributed by atoms with E-state index in [2.05, 4.69) is 29.6 Å². The normalized spacial score (nSPS) is 18.3. The number of aryl methyl sites for hydroxylation is 1. The van der Waals surface area contributed by atoms with E-state index in [0.29, 0.717) is 6.04 Å². The minimum atomic E-state index is -0.906. The summed E-state index contributed by atoms with van der Waals surface area (Å²) in [5, 5.41) is 3.65. The SMILES string of the molecule is COc1ccc2c(c1)C[C@H](NCc1ccc([S@](C)=O)cc1)CC2. The third-order valence-corrected chi connectivity index (χ3v) is 5.43. The largest absolute Gasteiger partial charge is 0.497 e. The topological polar surface area (TPSA) is 38.3 Å². The Morgan fingerprint density at radius 3 is 2.65 bits per heavy atom. The van der Waals surface area contributed by atoms with Crippen LogP contribution in [0.5, 0.6) is 5.75 Å². The Morgan fingerprint density at radius 1 is 1.17 bits per heavy atom. The van der Waals surface area contributed by atoms with Crippen molar-refractivity contribution in [2.75, 3.05) is 13.4 Å². The van der Waals surface area contributed by atoms with Crippen LogP contribution in [0, 0.1) is 0 Å². The van der Waals surface area contributed by atoms with Crippen LogP contribution in [0.3, 0.4) is 0 Å². The van der Waals surface area contributed by atoms with Gasteiger partial charge in [-0.1, -0.05) is 18.2 Å². The molecule has 0 spiro atoms. The highest BCUT2D eigenvalue weighted by Gasteiger charge is 2.18. The van der Waals surface area contributed by atoms with E-state index in [-0.39, 0.29) is 0 Å². The molecular formula is C19H23NO2S. The molecule has 0 amide bonds. The van der Waals surface area contributed by atoms with Crippen LogP contribution in [0.2, 0.25) is 0 Å². The number of hydrogen-bond acceptors (Lipinski definition) is 3. The van der Waals surface area contributed by atoms with Crippen LogP contribution in [0.1, 0.15) is 23.1 Å². The first-order valence-electron chi connectivity index (χ1n) is 7.97. The lowest BCUT2D eigenvalue weighted by molar-refractivity contribution is 0.411. The molecule has 3 nitrogen and oxygen atoms in total.